The lowest BCUT2D eigenvalue weighted by Gasteiger charge is -2.26. The Hall–Kier alpha value is -3.27. The summed E-state index contributed by atoms with van der Waals surface area (Å²) in [5, 5.41) is 4.79. The average Bonchev–Trinajstić information content (AvgIpc) is 3.78. The second-order valence-corrected chi connectivity index (χ2v) is 14.9. The zero-order valence-electron chi connectivity index (χ0n) is 29.4. The second kappa shape index (κ2) is 21.0. The van der Waals surface area contributed by atoms with Crippen LogP contribution < -0.4 is 22.5 Å². The van der Waals surface area contributed by atoms with Crippen LogP contribution in [0.15, 0.2) is 77.8 Å². The first kappa shape index (κ1) is 42.5. The Balaban J connectivity index is 0.000000188. The fourth-order valence-corrected chi connectivity index (χ4v) is 7.28. The van der Waals surface area contributed by atoms with Crippen LogP contribution in [0.3, 0.4) is 0 Å². The number of halogens is 3. The molecule has 4 aliphatic rings. The van der Waals surface area contributed by atoms with Crippen LogP contribution in [-0.2, 0) is 12.8 Å². The topological polar surface area (TPSA) is 154 Å². The van der Waals surface area contributed by atoms with E-state index in [2.05, 4.69) is 82.6 Å². The highest BCUT2D eigenvalue weighted by atomic mass is 35.5. The minimum absolute atomic E-state index is 0. The molecule has 9 nitrogen and oxygen atoms in total. The molecule has 0 spiro atoms. The number of hydrogen-bond acceptors (Lipinski definition) is 9. The van der Waals surface area contributed by atoms with Crippen LogP contribution >= 0.6 is 43.8 Å². The van der Waals surface area contributed by atoms with Gasteiger partial charge in [-0.15, -0.1) is 0 Å². The van der Waals surface area contributed by atoms with Gasteiger partial charge in [-0.05, 0) is 107 Å². The van der Waals surface area contributed by atoms with E-state index in [1.807, 2.05) is 12.1 Å². The molecule has 0 bridgehead atoms. The number of benzene rings is 2. The Bertz CT molecular complexity index is 1860. The number of hydrogen-bond donors (Lipinski definition) is 4. The molecule has 2 aromatic carbocycles. The molecule has 4 aromatic rings. The highest BCUT2D eigenvalue weighted by molar-refractivity contribution is 7.03. The van der Waals surface area contributed by atoms with Crippen LogP contribution in [0, 0.1) is 0 Å². The van der Waals surface area contributed by atoms with Crippen molar-refractivity contribution in [2.45, 2.75) is 95.8 Å². The fourth-order valence-electron chi connectivity index (χ4n) is 6.77. The highest BCUT2D eigenvalue weighted by Gasteiger charge is 2.23. The number of aromatic nitrogens is 4. The molecule has 2 heterocycles. The number of rotatable bonds is 4. The maximum atomic E-state index is 6.39. The van der Waals surface area contributed by atoms with E-state index in [1.54, 1.807) is 13.2 Å². The van der Waals surface area contributed by atoms with Crippen molar-refractivity contribution in [3.8, 4) is 0 Å². The molecule has 0 amide bonds. The van der Waals surface area contributed by atoms with Gasteiger partial charge in [-0.25, -0.2) is 19.9 Å². The number of nitrogens with one attached hydrogen (secondary N) is 1. The van der Waals surface area contributed by atoms with Gasteiger partial charge >= 0.3 is 0 Å². The summed E-state index contributed by atoms with van der Waals surface area (Å²) in [5.41, 5.74) is 25.9. The molecular formula is C40H51Cl3N9P. The van der Waals surface area contributed by atoms with E-state index in [0.717, 1.165) is 81.0 Å². The van der Waals surface area contributed by atoms with Gasteiger partial charge in [-0.1, -0.05) is 91.3 Å². The summed E-state index contributed by atoms with van der Waals surface area (Å²) in [5.74, 6) is 0.653. The van der Waals surface area contributed by atoms with Crippen molar-refractivity contribution >= 4 is 60.9 Å². The molecule has 4 aliphatic carbocycles. The number of nitrogens with two attached hydrogens (primary N) is 3. The Morgan fingerprint density at radius 1 is 0.660 bits per heavy atom. The van der Waals surface area contributed by atoms with Crippen LogP contribution in [0.1, 0.15) is 92.4 Å². The van der Waals surface area contributed by atoms with Gasteiger partial charge < -0.3 is 22.5 Å². The maximum absolute atomic E-state index is 6.39. The zero-order valence-corrected chi connectivity index (χ0v) is 32.7. The predicted molar refractivity (Wildman–Crippen MR) is 225 cm³/mol. The highest BCUT2D eigenvalue weighted by Crippen LogP contribution is 2.36. The molecule has 7 N–H and O–H groups in total. The van der Waals surface area contributed by atoms with Crippen molar-refractivity contribution in [3.05, 3.63) is 122 Å². The minimum Gasteiger partial charge on any atom is -0.351 e. The molecule has 53 heavy (non-hydrogen) atoms. The van der Waals surface area contributed by atoms with E-state index in [4.69, 9.17) is 57.0 Å². The molecule has 0 saturated heterocycles. The molecule has 13 heteroatoms. The van der Waals surface area contributed by atoms with Crippen molar-refractivity contribution in [1.29, 1.82) is 0 Å². The van der Waals surface area contributed by atoms with Gasteiger partial charge in [0.15, 0.2) is 0 Å². The van der Waals surface area contributed by atoms with Gasteiger partial charge in [0.1, 0.15) is 0 Å². The van der Waals surface area contributed by atoms with E-state index in [9.17, 15) is 0 Å². The largest absolute Gasteiger partial charge is 0.351 e. The summed E-state index contributed by atoms with van der Waals surface area (Å²) in [7, 11) is 4.47. The van der Waals surface area contributed by atoms with Crippen LogP contribution in [0.2, 0.25) is 15.3 Å². The Morgan fingerprint density at radius 2 is 1.08 bits per heavy atom. The number of nitrogens with zero attached hydrogens (tertiary/aromatic N) is 5. The summed E-state index contributed by atoms with van der Waals surface area (Å²) >= 11 is 18.3. The third kappa shape index (κ3) is 11.9. The van der Waals surface area contributed by atoms with Crippen molar-refractivity contribution in [2.24, 2.45) is 21.9 Å². The molecule has 282 valence electrons. The number of anilines is 1. The molecule has 2 saturated carbocycles. The summed E-state index contributed by atoms with van der Waals surface area (Å²) in [6.07, 6.45) is 18.1. The summed E-state index contributed by atoms with van der Waals surface area (Å²) in [6, 6.07) is 18.2. The van der Waals surface area contributed by atoms with Gasteiger partial charge in [0.05, 0.1) is 33.8 Å². The predicted octanol–water partition coefficient (Wildman–Crippen LogP) is 9.36. The zero-order chi connectivity index (χ0) is 37.0. The molecule has 0 unspecified atom stereocenters. The number of fused-ring (bicyclic) bond motifs is 2. The summed E-state index contributed by atoms with van der Waals surface area (Å²) in [6.45, 7) is 0. The molecular weight excluding hydrogens is 744 g/mol. The third-order valence-corrected chi connectivity index (χ3v) is 10.3. The lowest BCUT2D eigenvalue weighted by Crippen LogP contribution is -2.33. The SMILES string of the molecule is C.CN=P.Clc1ncc(Cl)c(C2=CCc3ccccc32)n1.NC1CCC(N)CC1.NC1CCC(Nc2ncc(Cl)c(C3=CCc4ccccc43)n2)CC1. The van der Waals surface area contributed by atoms with E-state index in [-0.39, 0.29) is 12.7 Å². The quantitative estimate of drug-likeness (QED) is 0.118. The Morgan fingerprint density at radius 3 is 1.57 bits per heavy atom. The van der Waals surface area contributed by atoms with Crippen molar-refractivity contribution in [3.63, 3.8) is 0 Å². The molecule has 0 radical (unpaired) electrons. The number of allylic oxidation sites excluding steroid dienone is 2. The van der Waals surface area contributed by atoms with Crippen LogP contribution in [-0.4, -0.2) is 51.2 Å². The molecule has 0 aliphatic heterocycles. The maximum Gasteiger partial charge on any atom is 0.223 e. The van der Waals surface area contributed by atoms with Gasteiger partial charge in [0.2, 0.25) is 11.2 Å². The van der Waals surface area contributed by atoms with Crippen molar-refractivity contribution < 1.29 is 0 Å². The normalized spacial score (nSPS) is 20.9. The minimum atomic E-state index is 0. The van der Waals surface area contributed by atoms with Crippen molar-refractivity contribution in [2.75, 3.05) is 12.4 Å². The van der Waals surface area contributed by atoms with Gasteiger partial charge in [0, 0.05) is 42.4 Å². The third-order valence-electron chi connectivity index (χ3n) is 9.56. The lowest BCUT2D eigenvalue weighted by atomic mass is 9.92. The molecule has 8 rings (SSSR count). The van der Waals surface area contributed by atoms with Gasteiger partial charge in [-0.2, -0.15) is 0 Å². The molecule has 2 fully saturated rings. The van der Waals surface area contributed by atoms with Crippen molar-refractivity contribution in [1.82, 2.24) is 19.9 Å². The Labute approximate surface area is 331 Å². The average molecular weight is 795 g/mol. The van der Waals surface area contributed by atoms with Crippen LogP contribution in [0.25, 0.3) is 11.1 Å². The smallest absolute Gasteiger partial charge is 0.223 e. The second-order valence-electron chi connectivity index (χ2n) is 13.3. The van der Waals surface area contributed by atoms with E-state index >= 15 is 0 Å². The molecule has 2 aromatic heterocycles. The lowest BCUT2D eigenvalue weighted by molar-refractivity contribution is 0.395. The van der Waals surface area contributed by atoms with Gasteiger partial charge in [-0.3, -0.25) is 4.74 Å². The standard InChI is InChI=1S/C19H21ClN4.C13H8Cl2N2.C6H14N2.CH4NP.CH4/c20-17-11-22-19(23-14-8-6-13(21)7-9-14)24-18(17)16-10-5-12-3-1-2-4-15(12)16;14-11-7-16-13(15)17-12(11)10-6-5-8-3-1-2-4-9(8)10;7-5-1-2-6(8)4-3-5;1-2-3;/h1-4,10-11,13-14H,5-9,21H2,(H,22,23,24);1-4,6-7H,5H2;5-6H,1-4,7-8H2;3H,1H3;1H4. The summed E-state index contributed by atoms with van der Waals surface area (Å²) in [4.78, 5) is 17.1. The van der Waals surface area contributed by atoms with E-state index < -0.39 is 0 Å². The fraction of sp³-hybridized carbons (Fsp3) is 0.400. The first-order valence-electron chi connectivity index (χ1n) is 17.7. The monoisotopic (exact) mass is 793 g/mol. The summed E-state index contributed by atoms with van der Waals surface area (Å²) < 4.78 is 3.31. The van der Waals surface area contributed by atoms with E-state index in [0.29, 0.717) is 45.9 Å². The van der Waals surface area contributed by atoms with Crippen LogP contribution in [0.5, 0.6) is 0 Å². The van der Waals surface area contributed by atoms with Gasteiger partial charge in [0.25, 0.3) is 0 Å². The first-order chi connectivity index (χ1) is 25.2. The Kier molecular flexibility index (Phi) is 16.8. The van der Waals surface area contributed by atoms with E-state index in [1.165, 1.54) is 28.5 Å². The van der Waals surface area contributed by atoms with Crippen LogP contribution in [0.4, 0.5) is 5.95 Å². The first-order valence-corrected chi connectivity index (χ1v) is 19.3. The molecule has 0 atom stereocenters.